The zero-order valence-corrected chi connectivity index (χ0v) is 13.2. The molecule has 0 bridgehead atoms. The fraction of sp³-hybridized carbons (Fsp3) is 0. The van der Waals surface area contributed by atoms with Crippen molar-refractivity contribution in [3.8, 4) is 11.5 Å². The van der Waals surface area contributed by atoms with E-state index in [2.05, 4.69) is 0 Å². The third-order valence-corrected chi connectivity index (χ3v) is 2.69. The SMILES string of the molecule is O=[PH](Oc1ccccc1)Oc1ccccc1.[Nd]. The predicted molar refractivity (Wildman–Crippen MR) is 63.1 cm³/mol. The van der Waals surface area contributed by atoms with Gasteiger partial charge in [-0.3, -0.25) is 0 Å². The van der Waals surface area contributed by atoms with Crippen LogP contribution < -0.4 is 9.05 Å². The van der Waals surface area contributed by atoms with E-state index in [0.29, 0.717) is 11.5 Å². The van der Waals surface area contributed by atoms with Crippen molar-refractivity contribution >= 4 is 8.25 Å². The van der Waals surface area contributed by atoms with E-state index in [1.807, 2.05) is 36.4 Å². The third-order valence-electron chi connectivity index (χ3n) is 1.89. The van der Waals surface area contributed by atoms with Gasteiger partial charge in [0.1, 0.15) is 11.5 Å². The average Bonchev–Trinajstić information content (AvgIpc) is 2.31. The summed E-state index contributed by atoms with van der Waals surface area (Å²) in [6.45, 7) is 0. The summed E-state index contributed by atoms with van der Waals surface area (Å²) in [5.41, 5.74) is 0. The second-order valence-corrected chi connectivity index (χ2v) is 3.99. The maximum absolute atomic E-state index is 11.5. The summed E-state index contributed by atoms with van der Waals surface area (Å²) in [5.74, 6) is 1.09. The van der Waals surface area contributed by atoms with Gasteiger partial charge in [-0.2, -0.15) is 0 Å². The molecule has 86 valence electrons. The molecule has 0 heterocycles. The van der Waals surface area contributed by atoms with E-state index in [0.717, 1.165) is 0 Å². The summed E-state index contributed by atoms with van der Waals surface area (Å²) >= 11 is 0. The molecule has 0 aromatic heterocycles. The zero-order chi connectivity index (χ0) is 11.2. The number of hydrogen-bond donors (Lipinski definition) is 0. The van der Waals surface area contributed by atoms with Crippen LogP contribution in [0.4, 0.5) is 0 Å². The Balaban J connectivity index is 0.00000144. The van der Waals surface area contributed by atoms with Crippen molar-refractivity contribution in [2.24, 2.45) is 0 Å². The fourth-order valence-corrected chi connectivity index (χ4v) is 1.89. The molecule has 0 aliphatic carbocycles. The maximum atomic E-state index is 11.5. The van der Waals surface area contributed by atoms with Crippen molar-refractivity contribution in [1.29, 1.82) is 0 Å². The zero-order valence-electron chi connectivity index (χ0n) is 9.00. The molecule has 0 radical (unpaired) electrons. The van der Waals surface area contributed by atoms with Gasteiger partial charge in [0, 0.05) is 40.8 Å². The van der Waals surface area contributed by atoms with Gasteiger partial charge >= 0.3 is 8.25 Å². The molecule has 0 spiro atoms. The molecule has 0 atom stereocenters. The second kappa shape index (κ2) is 7.85. The van der Waals surface area contributed by atoms with E-state index in [4.69, 9.17) is 9.05 Å². The molecule has 2 rings (SSSR count). The molecular formula is C12H11NdO3P. The average molecular weight is 378 g/mol. The van der Waals surface area contributed by atoms with Crippen molar-refractivity contribution < 1.29 is 54.5 Å². The molecule has 2 aromatic rings. The van der Waals surface area contributed by atoms with E-state index in [-0.39, 0.29) is 40.8 Å². The molecule has 0 saturated heterocycles. The summed E-state index contributed by atoms with van der Waals surface area (Å²) in [7, 11) is -2.54. The first-order valence-electron chi connectivity index (χ1n) is 4.84. The minimum absolute atomic E-state index is 0. The smallest absolute Gasteiger partial charge is 0.418 e. The minimum atomic E-state index is -2.54. The van der Waals surface area contributed by atoms with Gasteiger partial charge in [-0.05, 0) is 24.3 Å². The van der Waals surface area contributed by atoms with Crippen LogP contribution in [0.1, 0.15) is 0 Å². The van der Waals surface area contributed by atoms with Gasteiger partial charge in [0.15, 0.2) is 0 Å². The van der Waals surface area contributed by atoms with Crippen LogP contribution in [0.15, 0.2) is 60.7 Å². The van der Waals surface area contributed by atoms with Crippen molar-refractivity contribution in [3.63, 3.8) is 0 Å². The van der Waals surface area contributed by atoms with E-state index >= 15 is 0 Å². The number of benzene rings is 2. The minimum Gasteiger partial charge on any atom is -0.418 e. The first kappa shape index (κ1) is 14.7. The summed E-state index contributed by atoms with van der Waals surface area (Å²) in [6.07, 6.45) is 0. The molecule has 0 fully saturated rings. The van der Waals surface area contributed by atoms with Gasteiger partial charge in [0.05, 0.1) is 0 Å². The molecule has 2 aromatic carbocycles. The van der Waals surface area contributed by atoms with Crippen molar-refractivity contribution in [2.45, 2.75) is 0 Å². The van der Waals surface area contributed by atoms with Gasteiger partial charge in [0.2, 0.25) is 0 Å². The maximum Gasteiger partial charge on any atom is 0.418 e. The summed E-state index contributed by atoms with van der Waals surface area (Å²) in [6, 6.07) is 17.9. The molecule has 0 saturated carbocycles. The molecule has 5 heteroatoms. The van der Waals surface area contributed by atoms with Crippen LogP contribution in [0.3, 0.4) is 0 Å². The molecule has 0 aliphatic heterocycles. The van der Waals surface area contributed by atoms with E-state index < -0.39 is 8.25 Å². The predicted octanol–water partition coefficient (Wildman–Crippen LogP) is 3.53. The summed E-state index contributed by atoms with van der Waals surface area (Å²) < 4.78 is 21.8. The van der Waals surface area contributed by atoms with Crippen LogP contribution in [0.5, 0.6) is 11.5 Å². The Labute approximate surface area is 134 Å². The van der Waals surface area contributed by atoms with Crippen molar-refractivity contribution in [3.05, 3.63) is 60.7 Å². The third kappa shape index (κ3) is 5.19. The Morgan fingerprint density at radius 1 is 0.706 bits per heavy atom. The molecule has 0 aliphatic rings. The largest absolute Gasteiger partial charge is 0.418 e. The molecule has 17 heavy (non-hydrogen) atoms. The molecule has 0 N–H and O–H groups in total. The Morgan fingerprint density at radius 3 is 1.41 bits per heavy atom. The van der Waals surface area contributed by atoms with Gasteiger partial charge in [-0.1, -0.05) is 36.4 Å². The normalized spacial score (nSPS) is 9.47. The molecule has 0 amide bonds. The van der Waals surface area contributed by atoms with Crippen molar-refractivity contribution in [2.75, 3.05) is 0 Å². The van der Waals surface area contributed by atoms with Crippen LogP contribution in [-0.2, 0) is 4.57 Å². The molecule has 3 nitrogen and oxygen atoms in total. The van der Waals surface area contributed by atoms with Gasteiger partial charge < -0.3 is 9.05 Å². The fourth-order valence-electron chi connectivity index (χ4n) is 1.19. The number of para-hydroxylation sites is 2. The van der Waals surface area contributed by atoms with Crippen LogP contribution in [0, 0.1) is 40.8 Å². The number of rotatable bonds is 4. The van der Waals surface area contributed by atoms with E-state index in [1.165, 1.54) is 0 Å². The Kier molecular flexibility index (Phi) is 6.78. The molecular weight excluding hydrogens is 367 g/mol. The quantitative estimate of drug-likeness (QED) is 0.764. The first-order chi connectivity index (χ1) is 7.84. The summed E-state index contributed by atoms with van der Waals surface area (Å²) in [4.78, 5) is 0. The van der Waals surface area contributed by atoms with E-state index in [1.54, 1.807) is 24.3 Å². The van der Waals surface area contributed by atoms with Crippen LogP contribution >= 0.6 is 8.25 Å². The van der Waals surface area contributed by atoms with Crippen LogP contribution in [-0.4, -0.2) is 0 Å². The Morgan fingerprint density at radius 2 is 1.06 bits per heavy atom. The standard InChI is InChI=1S/C12H11O3P.Nd/c13-16(14-11-7-3-1-4-8-11)15-12-9-5-2-6-10-12;/h1-10,16H;. The van der Waals surface area contributed by atoms with Gasteiger partial charge in [-0.15, -0.1) is 0 Å². The summed E-state index contributed by atoms with van der Waals surface area (Å²) in [5, 5.41) is 0. The van der Waals surface area contributed by atoms with Gasteiger partial charge in [-0.25, -0.2) is 4.57 Å². The Bertz CT molecular complexity index is 418. The van der Waals surface area contributed by atoms with Crippen molar-refractivity contribution in [1.82, 2.24) is 0 Å². The van der Waals surface area contributed by atoms with Crippen LogP contribution in [0.25, 0.3) is 0 Å². The van der Waals surface area contributed by atoms with E-state index in [9.17, 15) is 4.57 Å². The topological polar surface area (TPSA) is 35.5 Å². The monoisotopic (exact) mass is 376 g/mol. The van der Waals surface area contributed by atoms with Crippen LogP contribution in [0.2, 0.25) is 0 Å². The second-order valence-electron chi connectivity index (χ2n) is 3.08. The van der Waals surface area contributed by atoms with Gasteiger partial charge in [0.25, 0.3) is 0 Å². The number of hydrogen-bond acceptors (Lipinski definition) is 3. The Hall–Kier alpha value is -0.379. The molecule has 0 unspecified atom stereocenters. The first-order valence-corrected chi connectivity index (χ1v) is 6.07.